The molecule has 0 bridgehead atoms. The fourth-order valence-corrected chi connectivity index (χ4v) is 5.12. The smallest absolute Gasteiger partial charge is 0.257 e. The topological polar surface area (TPSA) is 49.9 Å². The van der Waals surface area contributed by atoms with Crippen LogP contribution in [0.1, 0.15) is 88.4 Å². The molecule has 0 spiro atoms. The van der Waals surface area contributed by atoms with Crippen LogP contribution in [0.2, 0.25) is 0 Å². The maximum absolute atomic E-state index is 13.4. The van der Waals surface area contributed by atoms with Gasteiger partial charge < -0.3 is 14.5 Å². The van der Waals surface area contributed by atoms with Crippen molar-refractivity contribution in [3.63, 3.8) is 0 Å². The highest BCUT2D eigenvalue weighted by Gasteiger charge is 2.28. The number of hydrogen-bond donors (Lipinski definition) is 0. The predicted octanol–water partition coefficient (Wildman–Crippen LogP) is 5.54. The number of rotatable bonds is 4. The van der Waals surface area contributed by atoms with Gasteiger partial charge in [0.15, 0.2) is 0 Å². The molecule has 0 radical (unpaired) electrons. The molecule has 0 aromatic heterocycles. The molecule has 178 valence electrons. The van der Waals surface area contributed by atoms with Gasteiger partial charge in [0.2, 0.25) is 5.91 Å². The molecule has 0 N–H and O–H groups in total. The monoisotopic (exact) mass is 442 g/mol. The number of benzene rings is 1. The quantitative estimate of drug-likeness (QED) is 0.615. The van der Waals surface area contributed by atoms with Crippen LogP contribution < -0.4 is 4.74 Å². The third-order valence-corrected chi connectivity index (χ3v) is 7.25. The molecule has 3 rings (SSSR count). The molecule has 2 amide bonds. The van der Waals surface area contributed by atoms with E-state index >= 15 is 0 Å². The van der Waals surface area contributed by atoms with Gasteiger partial charge in [-0.05, 0) is 49.7 Å². The summed E-state index contributed by atoms with van der Waals surface area (Å²) in [5.41, 5.74) is 0.604. The average molecular weight is 443 g/mol. The molecule has 1 saturated carbocycles. The van der Waals surface area contributed by atoms with Gasteiger partial charge in [-0.2, -0.15) is 0 Å². The largest absolute Gasteiger partial charge is 0.491 e. The van der Waals surface area contributed by atoms with E-state index in [0.29, 0.717) is 30.3 Å². The van der Waals surface area contributed by atoms with E-state index in [-0.39, 0.29) is 23.8 Å². The molecule has 0 saturated heterocycles. The Balaban J connectivity index is 1.75. The lowest BCUT2D eigenvalue weighted by Crippen LogP contribution is -2.47. The van der Waals surface area contributed by atoms with Gasteiger partial charge in [0.25, 0.3) is 5.91 Å². The summed E-state index contributed by atoms with van der Waals surface area (Å²) in [7, 11) is 1.86. The second kappa shape index (κ2) is 12.3. The van der Waals surface area contributed by atoms with Crippen LogP contribution in [0.5, 0.6) is 5.75 Å². The Labute approximate surface area is 194 Å². The first-order chi connectivity index (χ1) is 15.5. The highest BCUT2D eigenvalue weighted by molar-refractivity contribution is 5.96. The van der Waals surface area contributed by atoms with Crippen molar-refractivity contribution in [3.05, 3.63) is 29.8 Å². The van der Waals surface area contributed by atoms with Gasteiger partial charge >= 0.3 is 0 Å². The highest BCUT2D eigenvalue weighted by atomic mass is 16.5. The molecule has 0 unspecified atom stereocenters. The lowest BCUT2D eigenvalue weighted by Gasteiger charge is -2.35. The number of fused-ring (bicyclic) bond motifs is 1. The first-order valence-corrected chi connectivity index (χ1v) is 12.7. The van der Waals surface area contributed by atoms with Crippen molar-refractivity contribution in [2.24, 2.45) is 11.8 Å². The minimum absolute atomic E-state index is 0.00126. The lowest BCUT2D eigenvalue weighted by molar-refractivity contribution is -0.135. The van der Waals surface area contributed by atoms with Crippen LogP contribution in [0.25, 0.3) is 0 Å². The third-order valence-electron chi connectivity index (χ3n) is 7.25. The molecule has 5 nitrogen and oxygen atoms in total. The number of hydrogen-bond acceptors (Lipinski definition) is 3. The molecule has 32 heavy (non-hydrogen) atoms. The number of carbonyl (C=O) groups excluding carboxylic acids is 2. The lowest BCUT2D eigenvalue weighted by atomic mass is 9.86. The van der Waals surface area contributed by atoms with E-state index in [0.717, 1.165) is 38.8 Å². The maximum Gasteiger partial charge on any atom is 0.257 e. The van der Waals surface area contributed by atoms with Crippen molar-refractivity contribution in [2.75, 3.05) is 26.7 Å². The number of amides is 2. The van der Waals surface area contributed by atoms with Gasteiger partial charge in [0.1, 0.15) is 12.4 Å². The van der Waals surface area contributed by atoms with Crippen molar-refractivity contribution >= 4 is 11.8 Å². The average Bonchev–Trinajstić information content (AvgIpc) is 2.81. The van der Waals surface area contributed by atoms with Gasteiger partial charge in [0, 0.05) is 26.6 Å². The summed E-state index contributed by atoms with van der Waals surface area (Å²) in [5, 5.41) is 0. The van der Waals surface area contributed by atoms with E-state index in [1.54, 1.807) is 4.90 Å². The molecule has 5 heteroatoms. The first-order valence-electron chi connectivity index (χ1n) is 12.7. The summed E-state index contributed by atoms with van der Waals surface area (Å²) in [6, 6.07) is 7.50. The summed E-state index contributed by atoms with van der Waals surface area (Å²) in [6.07, 6.45) is 11.1. The van der Waals surface area contributed by atoms with Crippen molar-refractivity contribution in [3.8, 4) is 5.75 Å². The SMILES string of the molecule is CC(C)[C@H]1COc2ccccc2C(=O)N(C)CCCCCN1C(=O)CCC1CCCCC1. The van der Waals surface area contributed by atoms with Crippen molar-refractivity contribution < 1.29 is 14.3 Å². The molecule has 1 fully saturated rings. The zero-order valence-corrected chi connectivity index (χ0v) is 20.4. The molecular formula is C27H42N2O3. The molecule has 2 aliphatic rings. The Kier molecular flexibility index (Phi) is 9.43. The minimum atomic E-state index is 0.00126. The maximum atomic E-state index is 13.4. The summed E-state index contributed by atoms with van der Waals surface area (Å²) < 4.78 is 6.23. The van der Waals surface area contributed by atoms with Crippen LogP contribution in [0.3, 0.4) is 0 Å². The molecule has 1 aliphatic carbocycles. The van der Waals surface area contributed by atoms with Crippen LogP contribution in [-0.2, 0) is 4.79 Å². The van der Waals surface area contributed by atoms with Crippen LogP contribution in [0.15, 0.2) is 24.3 Å². The minimum Gasteiger partial charge on any atom is -0.491 e. The molecule has 1 aromatic rings. The Morgan fingerprint density at radius 3 is 2.47 bits per heavy atom. The van der Waals surface area contributed by atoms with Gasteiger partial charge in [-0.25, -0.2) is 0 Å². The standard InChI is InChI=1S/C27H42N2O3/c1-21(2)24-20-32-25-15-9-8-14-23(25)27(31)28(3)18-10-5-11-19-29(24)26(30)17-16-22-12-6-4-7-13-22/h8-9,14-15,21-22,24H,4-7,10-13,16-20H2,1-3H3/t24-/m1/s1. The fourth-order valence-electron chi connectivity index (χ4n) is 5.12. The van der Waals surface area contributed by atoms with Crippen molar-refractivity contribution in [1.29, 1.82) is 0 Å². The summed E-state index contributed by atoms with van der Waals surface area (Å²) >= 11 is 0. The fraction of sp³-hybridized carbons (Fsp3) is 0.704. The van der Waals surface area contributed by atoms with Crippen LogP contribution in [0, 0.1) is 11.8 Å². The van der Waals surface area contributed by atoms with Gasteiger partial charge in [-0.15, -0.1) is 0 Å². The van der Waals surface area contributed by atoms with E-state index < -0.39 is 0 Å². The Hall–Kier alpha value is -2.04. The van der Waals surface area contributed by atoms with Crippen LogP contribution >= 0.6 is 0 Å². The van der Waals surface area contributed by atoms with Crippen molar-refractivity contribution in [2.45, 2.75) is 84.1 Å². The molecule has 1 aromatic carbocycles. The molecule has 1 atom stereocenters. The second-order valence-electron chi connectivity index (χ2n) is 10.0. The zero-order valence-electron chi connectivity index (χ0n) is 20.4. The summed E-state index contributed by atoms with van der Waals surface area (Å²) in [5.74, 6) is 1.88. The van der Waals surface area contributed by atoms with E-state index in [1.165, 1.54) is 32.1 Å². The van der Waals surface area contributed by atoms with E-state index in [2.05, 4.69) is 18.7 Å². The van der Waals surface area contributed by atoms with E-state index in [4.69, 9.17) is 4.74 Å². The molecule has 1 heterocycles. The van der Waals surface area contributed by atoms with Gasteiger partial charge in [-0.1, -0.05) is 58.1 Å². The van der Waals surface area contributed by atoms with Gasteiger partial charge in [0.05, 0.1) is 11.6 Å². The summed E-state index contributed by atoms with van der Waals surface area (Å²) in [4.78, 5) is 30.2. The Morgan fingerprint density at radius 1 is 1.03 bits per heavy atom. The molecular weight excluding hydrogens is 400 g/mol. The zero-order chi connectivity index (χ0) is 22.9. The van der Waals surface area contributed by atoms with Crippen LogP contribution in [0.4, 0.5) is 0 Å². The molecule has 1 aliphatic heterocycles. The number of ether oxygens (including phenoxy) is 1. The van der Waals surface area contributed by atoms with Gasteiger partial charge in [-0.3, -0.25) is 9.59 Å². The Bertz CT molecular complexity index is 742. The van der Waals surface area contributed by atoms with E-state index in [9.17, 15) is 9.59 Å². The number of carbonyl (C=O) groups is 2. The normalized spacial score (nSPS) is 21.9. The van der Waals surface area contributed by atoms with Crippen molar-refractivity contribution in [1.82, 2.24) is 9.80 Å². The second-order valence-corrected chi connectivity index (χ2v) is 10.0. The number of para-hydroxylation sites is 1. The van der Waals surface area contributed by atoms with E-state index in [1.807, 2.05) is 31.3 Å². The first kappa shape index (κ1) is 24.6. The third kappa shape index (κ3) is 6.73. The summed E-state index contributed by atoms with van der Waals surface area (Å²) in [6.45, 7) is 6.24. The number of nitrogens with zero attached hydrogens (tertiary/aromatic N) is 2. The highest BCUT2D eigenvalue weighted by Crippen LogP contribution is 2.28. The Morgan fingerprint density at radius 2 is 1.72 bits per heavy atom. The predicted molar refractivity (Wildman–Crippen MR) is 129 cm³/mol. The van der Waals surface area contributed by atoms with Crippen LogP contribution in [-0.4, -0.2) is 54.4 Å².